The number of rotatable bonds is 6. The van der Waals surface area contributed by atoms with Gasteiger partial charge in [0.05, 0.1) is 11.0 Å². The first-order valence-corrected chi connectivity index (χ1v) is 20.1. The van der Waals surface area contributed by atoms with Gasteiger partial charge in [0.25, 0.3) is 11.8 Å². The molecule has 282 valence electrons. The largest absolute Gasteiger partial charge is 0.336 e. The molecule has 10 rings (SSSR count). The first-order valence-electron chi connectivity index (χ1n) is 19.7. The Balaban J connectivity index is 1.19. The smallest absolute Gasteiger partial charge is 0.266 e. The third-order valence-electron chi connectivity index (χ3n) is 11.9. The lowest BCUT2D eigenvalue weighted by Gasteiger charge is -2.33. The molecule has 1 saturated carbocycles. The highest BCUT2D eigenvalue weighted by Gasteiger charge is 2.40. The third-order valence-corrected chi connectivity index (χ3v) is 12.4. The van der Waals surface area contributed by atoms with Gasteiger partial charge in [-0.15, -0.1) is 0 Å². The third kappa shape index (κ3) is 5.81. The Morgan fingerprint density at radius 2 is 0.914 bits per heavy atom. The fourth-order valence-electron chi connectivity index (χ4n) is 9.08. The number of amides is 2. The van der Waals surface area contributed by atoms with Gasteiger partial charge >= 0.3 is 0 Å². The van der Waals surface area contributed by atoms with Gasteiger partial charge in [-0.3, -0.25) is 19.4 Å². The zero-order chi connectivity index (χ0) is 39.5. The normalized spacial score (nSPS) is 17.4. The molecule has 2 fully saturated rings. The summed E-state index contributed by atoms with van der Waals surface area (Å²) >= 11 is 5.53. The molecule has 0 spiro atoms. The van der Waals surface area contributed by atoms with Crippen LogP contribution in [-0.2, 0) is 22.7 Å². The number of hydrogen-bond acceptors (Lipinski definition) is 3. The molecule has 0 atom stereocenters. The van der Waals surface area contributed by atoms with E-state index in [0.29, 0.717) is 31.5 Å². The van der Waals surface area contributed by atoms with Crippen molar-refractivity contribution < 1.29 is 9.59 Å². The van der Waals surface area contributed by atoms with Gasteiger partial charge in [0.2, 0.25) is 0 Å². The van der Waals surface area contributed by atoms with E-state index in [1.807, 2.05) is 12.1 Å². The van der Waals surface area contributed by atoms with E-state index in [2.05, 4.69) is 155 Å². The number of nitrogens with zero attached hydrogens (tertiary/aromatic N) is 4. The van der Waals surface area contributed by atoms with E-state index < -0.39 is 0 Å². The first kappa shape index (κ1) is 35.6. The Kier molecular flexibility index (Phi) is 8.76. The van der Waals surface area contributed by atoms with Gasteiger partial charge < -0.3 is 9.13 Å². The topological polar surface area (TPSA) is 50.5 Å². The first-order chi connectivity index (χ1) is 28.4. The highest BCUT2D eigenvalue weighted by atomic mass is 32.1. The molecule has 1 saturated heterocycles. The molecule has 0 N–H and O–H groups in total. The quantitative estimate of drug-likeness (QED) is 0.0965. The summed E-state index contributed by atoms with van der Waals surface area (Å²) in [5.74, 6) is -0.760. The maximum atomic E-state index is 14.2. The lowest BCUT2D eigenvalue weighted by atomic mass is 9.95. The van der Waals surface area contributed by atoms with Crippen LogP contribution in [-0.4, -0.2) is 50.0 Å². The Bertz CT molecular complexity index is 2980. The van der Waals surface area contributed by atoms with Gasteiger partial charge in [-0.25, -0.2) is 0 Å². The number of carbonyl (C=O) groups excluding carboxylic acids is 2. The maximum Gasteiger partial charge on any atom is 0.266 e. The zero-order valence-electron chi connectivity index (χ0n) is 32.4. The zero-order valence-corrected chi connectivity index (χ0v) is 33.2. The van der Waals surface area contributed by atoms with Crippen molar-refractivity contribution >= 4 is 84.6 Å². The summed E-state index contributed by atoms with van der Waals surface area (Å²) in [6, 6.07) is 46.9. The second-order valence-corrected chi connectivity index (χ2v) is 15.6. The summed E-state index contributed by atoms with van der Waals surface area (Å²) in [4.78, 5) is 31.2. The second-order valence-electron chi connectivity index (χ2n) is 15.3. The van der Waals surface area contributed by atoms with E-state index in [9.17, 15) is 9.59 Å². The summed E-state index contributed by atoms with van der Waals surface area (Å²) in [5, 5.41) is 9.52. The van der Waals surface area contributed by atoms with Gasteiger partial charge in [-0.1, -0.05) is 133 Å². The fraction of sp³-hybridized carbons (Fsp3) is 0.118. The highest BCUT2D eigenvalue weighted by Crippen LogP contribution is 2.40. The molecular weight excluding hydrogens is 733 g/mol. The van der Waals surface area contributed by atoms with Crippen LogP contribution >= 0.6 is 12.2 Å². The van der Waals surface area contributed by atoms with Gasteiger partial charge in [0.15, 0.2) is 5.11 Å². The van der Waals surface area contributed by atoms with E-state index in [4.69, 9.17) is 12.2 Å². The van der Waals surface area contributed by atoms with Crippen LogP contribution in [0.15, 0.2) is 168 Å². The van der Waals surface area contributed by atoms with Gasteiger partial charge in [0.1, 0.15) is 5.57 Å². The number of carbonyl (C=O) groups is 2. The van der Waals surface area contributed by atoms with Crippen LogP contribution in [0.4, 0.5) is 0 Å². The van der Waals surface area contributed by atoms with Crippen LogP contribution in [0.3, 0.4) is 0 Å². The van der Waals surface area contributed by atoms with Crippen LogP contribution in [0, 0.1) is 0 Å². The van der Waals surface area contributed by atoms with Crippen molar-refractivity contribution in [1.29, 1.82) is 0 Å². The molecule has 3 heterocycles. The number of allylic oxidation sites excluding steroid dienone is 5. The van der Waals surface area contributed by atoms with Crippen LogP contribution in [0.25, 0.3) is 55.5 Å². The fourth-order valence-corrected chi connectivity index (χ4v) is 9.25. The predicted molar refractivity (Wildman–Crippen MR) is 240 cm³/mol. The molecule has 2 aromatic heterocycles. The van der Waals surface area contributed by atoms with Gasteiger partial charge in [-0.05, 0) is 88.0 Å². The van der Waals surface area contributed by atoms with Gasteiger partial charge in [0, 0.05) is 59.4 Å². The minimum absolute atomic E-state index is 0.154. The molecule has 8 aromatic rings. The maximum absolute atomic E-state index is 14.2. The monoisotopic (exact) mass is 772 g/mol. The predicted octanol–water partition coefficient (Wildman–Crippen LogP) is 8.86. The number of likely N-dealkylation sites (N-methyl/N-ethyl adjacent to an activating group) is 2. The van der Waals surface area contributed by atoms with Crippen molar-refractivity contribution in [3.05, 3.63) is 190 Å². The summed E-state index contributed by atoms with van der Waals surface area (Å²) in [6.07, 6.45) is 9.98. The minimum Gasteiger partial charge on any atom is -0.336 e. The number of aromatic nitrogens is 2. The average Bonchev–Trinajstić information content (AvgIpc) is 3.90. The van der Waals surface area contributed by atoms with E-state index in [-0.39, 0.29) is 22.5 Å². The van der Waals surface area contributed by atoms with E-state index >= 15 is 0 Å². The molecule has 58 heavy (non-hydrogen) atoms. The van der Waals surface area contributed by atoms with Crippen molar-refractivity contribution in [2.75, 3.05) is 14.1 Å². The highest BCUT2D eigenvalue weighted by molar-refractivity contribution is 7.80. The Labute approximate surface area is 341 Å². The molecule has 0 bridgehead atoms. The van der Waals surface area contributed by atoms with Crippen molar-refractivity contribution in [3.8, 4) is 0 Å². The molecule has 0 radical (unpaired) electrons. The Morgan fingerprint density at radius 3 is 1.34 bits per heavy atom. The number of thiocarbonyl (C=S) groups is 1. The Morgan fingerprint density at radius 1 is 0.500 bits per heavy atom. The summed E-state index contributed by atoms with van der Waals surface area (Å²) in [5.41, 5.74) is 7.49. The minimum atomic E-state index is -0.380. The molecule has 6 nitrogen and oxygen atoms in total. The molecule has 1 aliphatic heterocycles. The Hall–Kier alpha value is -6.83. The lowest BCUT2D eigenvalue weighted by Crippen LogP contribution is -2.53. The molecule has 0 unspecified atom stereocenters. The summed E-state index contributed by atoms with van der Waals surface area (Å²) in [6.45, 7) is 1.41. The van der Waals surface area contributed by atoms with Crippen molar-refractivity contribution in [1.82, 2.24) is 18.9 Å². The molecule has 6 aromatic carbocycles. The number of benzene rings is 6. The lowest BCUT2D eigenvalue weighted by molar-refractivity contribution is -0.132. The molecule has 1 aliphatic carbocycles. The SMILES string of the molecule is CN1C(=O)C(=C2/C(=C\C=c3\c4cccc5cccc(c54)n3Cc3ccccc3)CC/C2=C\C=c2c3cccc4cccc(c43)n2Cc2ccccc2)C(=O)N(C)C1=S. The van der Waals surface area contributed by atoms with Crippen LogP contribution in [0.1, 0.15) is 24.0 Å². The molecule has 2 amide bonds. The van der Waals surface area contributed by atoms with Crippen LogP contribution in [0.5, 0.6) is 0 Å². The molecule has 7 heteroatoms. The van der Waals surface area contributed by atoms with E-state index in [0.717, 1.165) is 32.6 Å². The molecular formula is C51H40N4O2S. The van der Waals surface area contributed by atoms with Crippen molar-refractivity contribution in [2.24, 2.45) is 0 Å². The average molecular weight is 773 g/mol. The molecule has 2 aliphatic rings. The second kappa shape index (κ2) is 14.3. The number of hydrogen-bond donors (Lipinski definition) is 0. The van der Waals surface area contributed by atoms with Crippen LogP contribution in [0.2, 0.25) is 0 Å². The standard InChI is InChI=1S/C51H40N4O2S/c1-52-49(56)48(50(57)53(2)51(52)58)45-37(27-29-41-39-21-9-17-35-19-11-23-43(46(35)39)54(41)31-33-13-5-3-6-14-33)25-26-38(45)28-30-42-40-22-10-18-36-20-12-24-44(47(36)40)55(42)32-34-15-7-4-8-16-34/h3-24,27-30H,25-26,31-32H2,1-2H3/b37-27-,38-28+,41-29-,42-30?. The van der Waals surface area contributed by atoms with Gasteiger partial charge in [-0.2, -0.15) is 0 Å². The summed E-state index contributed by atoms with van der Waals surface area (Å²) in [7, 11) is 3.30. The van der Waals surface area contributed by atoms with Crippen molar-refractivity contribution in [2.45, 2.75) is 25.9 Å². The summed E-state index contributed by atoms with van der Waals surface area (Å²) < 4.78 is 4.76. The van der Waals surface area contributed by atoms with Crippen molar-refractivity contribution in [3.63, 3.8) is 0 Å². The van der Waals surface area contributed by atoms with Crippen LogP contribution < -0.4 is 10.7 Å². The van der Waals surface area contributed by atoms with E-state index in [1.54, 1.807) is 14.1 Å². The van der Waals surface area contributed by atoms with E-state index in [1.165, 1.54) is 53.5 Å².